The van der Waals surface area contributed by atoms with Crippen LogP contribution in [0.3, 0.4) is 0 Å². The summed E-state index contributed by atoms with van der Waals surface area (Å²) in [4.78, 5) is 0. The fourth-order valence-electron chi connectivity index (χ4n) is 1.04. The largest absolute Gasteiger partial charge is 0.400 e. The van der Waals surface area contributed by atoms with Crippen LogP contribution in [-0.4, -0.2) is 44.3 Å². The van der Waals surface area contributed by atoms with E-state index in [0.29, 0.717) is 13.2 Å². The lowest BCUT2D eigenvalue weighted by atomic mass is 10.2. The van der Waals surface area contributed by atoms with Gasteiger partial charge in [0.1, 0.15) is 0 Å². The van der Waals surface area contributed by atoms with E-state index in [2.05, 4.69) is 6.92 Å². The Balaban J connectivity index is -0.000000237. The van der Waals surface area contributed by atoms with Crippen LogP contribution < -0.4 is 0 Å². The first-order chi connectivity index (χ1) is 10.8. The molecule has 1 aliphatic heterocycles. The zero-order valence-electron chi connectivity index (χ0n) is 15.0. The average molecular weight is 316 g/mol. The number of rotatable bonds is 4. The second-order valence-electron chi connectivity index (χ2n) is 3.96. The molecule has 0 unspecified atom stereocenters. The Morgan fingerprint density at radius 3 is 1.77 bits per heavy atom. The highest BCUT2D eigenvalue weighted by molar-refractivity contribution is 5.13. The number of aliphatic hydroxyl groups excluding tert-OH is 2. The van der Waals surface area contributed by atoms with E-state index in [9.17, 15) is 0 Å². The van der Waals surface area contributed by atoms with Gasteiger partial charge in [0, 0.05) is 34.0 Å². The molecule has 132 valence electrons. The number of hydrogen-bond donors (Lipinski definition) is 2. The molecule has 0 amide bonds. The van der Waals surface area contributed by atoms with Gasteiger partial charge in [0.2, 0.25) is 0 Å². The number of benzene rings is 1. The monoisotopic (exact) mass is 316 g/mol. The number of aliphatic hydroxyl groups is 2. The first-order valence-corrected chi connectivity index (χ1v) is 8.01. The van der Waals surface area contributed by atoms with Gasteiger partial charge in [-0.25, -0.2) is 0 Å². The Morgan fingerprint density at radius 2 is 1.55 bits per heavy atom. The van der Waals surface area contributed by atoms with Crippen LogP contribution >= 0.6 is 0 Å². The molecular weight excluding hydrogens is 280 g/mol. The van der Waals surface area contributed by atoms with Crippen LogP contribution in [0.15, 0.2) is 30.3 Å². The molecule has 0 aromatic heterocycles. The molecule has 4 nitrogen and oxygen atoms in total. The van der Waals surface area contributed by atoms with Gasteiger partial charge in [-0.1, -0.05) is 57.5 Å². The van der Waals surface area contributed by atoms with Crippen molar-refractivity contribution in [2.24, 2.45) is 0 Å². The molecule has 0 saturated carbocycles. The predicted octanol–water partition coefficient (Wildman–Crippen LogP) is 3.65. The lowest BCUT2D eigenvalue weighted by Crippen LogP contribution is -2.09. The van der Waals surface area contributed by atoms with Crippen LogP contribution in [-0.2, 0) is 16.1 Å². The predicted molar refractivity (Wildman–Crippen MR) is 94.1 cm³/mol. The minimum absolute atomic E-state index is 0.344. The van der Waals surface area contributed by atoms with Gasteiger partial charge >= 0.3 is 0 Å². The van der Waals surface area contributed by atoms with Crippen molar-refractivity contribution in [2.75, 3.05) is 34.0 Å². The van der Waals surface area contributed by atoms with Crippen LogP contribution in [0.5, 0.6) is 0 Å². The Bertz CT molecular complexity index is 243. The van der Waals surface area contributed by atoms with E-state index < -0.39 is 0 Å². The zero-order valence-corrected chi connectivity index (χ0v) is 15.0. The SMILES string of the molecule is C1COC1.CC.CCCCO.CO.COCc1ccccc1. The summed E-state index contributed by atoms with van der Waals surface area (Å²) in [6.45, 7) is 9.10. The summed E-state index contributed by atoms with van der Waals surface area (Å²) >= 11 is 0. The molecule has 2 N–H and O–H groups in total. The van der Waals surface area contributed by atoms with Crippen molar-refractivity contribution in [1.29, 1.82) is 0 Å². The van der Waals surface area contributed by atoms with Crippen molar-refractivity contribution >= 4 is 0 Å². The second-order valence-corrected chi connectivity index (χ2v) is 3.96. The van der Waals surface area contributed by atoms with Gasteiger partial charge in [-0.3, -0.25) is 0 Å². The number of methoxy groups -OCH3 is 1. The second kappa shape index (κ2) is 28.3. The van der Waals surface area contributed by atoms with Gasteiger partial charge in [0.15, 0.2) is 0 Å². The van der Waals surface area contributed by atoms with Gasteiger partial charge in [-0.05, 0) is 18.4 Å². The molecule has 1 aliphatic rings. The molecule has 0 aliphatic carbocycles. The molecule has 4 heteroatoms. The summed E-state index contributed by atoms with van der Waals surface area (Å²) in [6, 6.07) is 10.1. The molecule has 22 heavy (non-hydrogen) atoms. The first kappa shape index (κ1) is 26.0. The summed E-state index contributed by atoms with van der Waals surface area (Å²) < 4.78 is 9.65. The molecule has 1 aromatic rings. The summed E-state index contributed by atoms with van der Waals surface area (Å²) in [6.07, 6.45) is 3.32. The van der Waals surface area contributed by atoms with E-state index in [-0.39, 0.29) is 0 Å². The van der Waals surface area contributed by atoms with Gasteiger partial charge in [0.05, 0.1) is 6.61 Å². The quantitative estimate of drug-likeness (QED) is 0.890. The summed E-state index contributed by atoms with van der Waals surface area (Å²) in [7, 11) is 2.70. The third-order valence-electron chi connectivity index (χ3n) is 2.24. The van der Waals surface area contributed by atoms with Crippen LogP contribution in [0.2, 0.25) is 0 Å². The van der Waals surface area contributed by atoms with Crippen LogP contribution in [0, 0.1) is 0 Å². The Hall–Kier alpha value is -0.940. The van der Waals surface area contributed by atoms with Gasteiger partial charge in [-0.15, -0.1) is 0 Å². The lowest BCUT2D eigenvalue weighted by Gasteiger charge is -2.09. The normalized spacial score (nSPS) is 10.7. The first-order valence-electron chi connectivity index (χ1n) is 8.01. The van der Waals surface area contributed by atoms with Crippen molar-refractivity contribution < 1.29 is 19.7 Å². The van der Waals surface area contributed by atoms with Crippen molar-refractivity contribution in [2.45, 2.75) is 46.6 Å². The third-order valence-corrected chi connectivity index (χ3v) is 2.24. The van der Waals surface area contributed by atoms with Crippen molar-refractivity contribution in [1.82, 2.24) is 0 Å². The van der Waals surface area contributed by atoms with Gasteiger partial charge in [0.25, 0.3) is 0 Å². The summed E-state index contributed by atoms with van der Waals surface area (Å²) in [5.74, 6) is 0. The summed E-state index contributed by atoms with van der Waals surface area (Å²) in [5.41, 5.74) is 1.22. The van der Waals surface area contributed by atoms with Gasteiger partial charge in [-0.2, -0.15) is 0 Å². The number of unbranched alkanes of at least 4 members (excludes halogenated alkanes) is 1. The topological polar surface area (TPSA) is 58.9 Å². The molecule has 1 saturated heterocycles. The van der Waals surface area contributed by atoms with E-state index in [1.54, 1.807) is 7.11 Å². The van der Waals surface area contributed by atoms with Crippen LogP contribution in [0.4, 0.5) is 0 Å². The molecule has 0 atom stereocenters. The van der Waals surface area contributed by atoms with E-state index in [0.717, 1.165) is 33.2 Å². The maximum atomic E-state index is 8.07. The molecule has 2 rings (SSSR count). The Kier molecular flexibility index (Phi) is 33.4. The highest BCUT2D eigenvalue weighted by atomic mass is 16.5. The average Bonchev–Trinajstić information content (AvgIpc) is 2.52. The van der Waals surface area contributed by atoms with Crippen LogP contribution in [0.1, 0.15) is 45.6 Å². The van der Waals surface area contributed by atoms with E-state index in [1.165, 1.54) is 12.0 Å². The lowest BCUT2D eigenvalue weighted by molar-refractivity contribution is 0.0367. The standard InChI is InChI=1S/C8H10O.C4H10O.C3H6O.C2H6.CH4O/c1-9-7-8-5-3-2-4-6-8;1-2-3-4-5;1-2-4-3-1;2*1-2/h2-6H,7H2,1H3;5H,2-4H2,1H3;1-3H2;1-2H3;2H,1H3. The zero-order chi connectivity index (χ0) is 17.5. The highest BCUT2D eigenvalue weighted by Gasteiger charge is 1.94. The maximum absolute atomic E-state index is 8.07. The van der Waals surface area contributed by atoms with E-state index >= 15 is 0 Å². The number of hydrogen-bond acceptors (Lipinski definition) is 4. The van der Waals surface area contributed by atoms with Gasteiger partial charge < -0.3 is 19.7 Å². The molecule has 0 bridgehead atoms. The smallest absolute Gasteiger partial charge is 0.0713 e. The van der Waals surface area contributed by atoms with Crippen LogP contribution in [0.25, 0.3) is 0 Å². The molecule has 1 aromatic carbocycles. The van der Waals surface area contributed by atoms with E-state index in [4.69, 9.17) is 19.7 Å². The van der Waals surface area contributed by atoms with E-state index in [1.807, 2.05) is 44.2 Å². The summed E-state index contributed by atoms with van der Waals surface area (Å²) in [5, 5.41) is 15.1. The fourth-order valence-corrected chi connectivity index (χ4v) is 1.04. The minimum atomic E-state index is 0.344. The highest BCUT2D eigenvalue weighted by Crippen LogP contribution is 1.98. The Labute approximate surface area is 137 Å². The van der Waals surface area contributed by atoms with Crippen molar-refractivity contribution in [3.63, 3.8) is 0 Å². The molecular formula is C18H36O4. The molecule has 1 fully saturated rings. The van der Waals surface area contributed by atoms with Crippen molar-refractivity contribution in [3.8, 4) is 0 Å². The third kappa shape index (κ3) is 24.1. The van der Waals surface area contributed by atoms with Crippen molar-refractivity contribution in [3.05, 3.63) is 35.9 Å². The molecule has 0 spiro atoms. The minimum Gasteiger partial charge on any atom is -0.400 e. The molecule has 1 heterocycles. The maximum Gasteiger partial charge on any atom is 0.0713 e. The molecule has 0 radical (unpaired) electrons. The number of ether oxygens (including phenoxy) is 2. The Morgan fingerprint density at radius 1 is 1.09 bits per heavy atom. The fraction of sp³-hybridized carbons (Fsp3) is 0.667.